The van der Waals surface area contributed by atoms with Gasteiger partial charge in [0.25, 0.3) is 0 Å². The molecule has 0 aliphatic carbocycles. The van der Waals surface area contributed by atoms with Crippen LogP contribution in [0.4, 0.5) is 0 Å². The normalized spacial score (nSPS) is 16.6. The van der Waals surface area contributed by atoms with Gasteiger partial charge in [-0.15, -0.1) is 0 Å². The van der Waals surface area contributed by atoms with Crippen LogP contribution in [0.2, 0.25) is 5.02 Å². The van der Waals surface area contributed by atoms with Crippen LogP contribution in [-0.4, -0.2) is 51.7 Å². The standard InChI is InChI=1S/C23H22BrClN2O6S/c1-34(30,31)26-23(29)14-7-8-27(13-14)9-10-32-20-11-15(24)5-6-17(20)21-12-19(28)16-3-2-4-18(25)22(16)33-21/h2-6,11-12,14H,7-10,13H2,1H3,(H,26,29)/t14-/m0/s1. The minimum absolute atomic E-state index is 0.205. The first-order chi connectivity index (χ1) is 16.1. The molecule has 1 fully saturated rings. The van der Waals surface area contributed by atoms with Crippen LogP contribution in [0.3, 0.4) is 0 Å². The number of carbonyl (C=O) groups excluding carboxylic acids is 1. The van der Waals surface area contributed by atoms with Crippen LogP contribution in [0, 0.1) is 5.92 Å². The van der Waals surface area contributed by atoms with Crippen LogP contribution in [0.25, 0.3) is 22.3 Å². The fraction of sp³-hybridized carbons (Fsp3) is 0.304. The molecule has 180 valence electrons. The van der Waals surface area contributed by atoms with Gasteiger partial charge in [0.15, 0.2) is 11.0 Å². The summed E-state index contributed by atoms with van der Waals surface area (Å²) in [5, 5.41) is 0.749. The van der Waals surface area contributed by atoms with E-state index in [9.17, 15) is 18.0 Å². The van der Waals surface area contributed by atoms with Crippen molar-refractivity contribution in [1.82, 2.24) is 9.62 Å². The number of sulfonamides is 1. The van der Waals surface area contributed by atoms with E-state index < -0.39 is 15.9 Å². The van der Waals surface area contributed by atoms with Crippen LogP contribution in [0.5, 0.6) is 5.75 Å². The first-order valence-corrected chi connectivity index (χ1v) is 13.6. The van der Waals surface area contributed by atoms with Gasteiger partial charge in [0.05, 0.1) is 28.1 Å². The maximum atomic E-state index is 12.6. The summed E-state index contributed by atoms with van der Waals surface area (Å²) in [6, 6.07) is 11.8. The van der Waals surface area contributed by atoms with Crippen molar-refractivity contribution in [2.45, 2.75) is 6.42 Å². The highest BCUT2D eigenvalue weighted by atomic mass is 79.9. The quantitative estimate of drug-likeness (QED) is 0.463. The number of likely N-dealkylation sites (tertiary alicyclic amines) is 1. The van der Waals surface area contributed by atoms with Crippen molar-refractivity contribution in [1.29, 1.82) is 0 Å². The minimum Gasteiger partial charge on any atom is -0.491 e. The summed E-state index contributed by atoms with van der Waals surface area (Å²) < 4.78 is 37.4. The molecule has 11 heteroatoms. The third-order valence-corrected chi connectivity index (χ3v) is 6.87. The third-order valence-electron chi connectivity index (χ3n) is 5.51. The number of nitrogens with zero attached hydrogens (tertiary/aromatic N) is 1. The molecule has 1 amide bonds. The lowest BCUT2D eigenvalue weighted by Crippen LogP contribution is -2.36. The van der Waals surface area contributed by atoms with E-state index in [1.165, 1.54) is 6.07 Å². The molecule has 4 rings (SSSR count). The SMILES string of the molecule is CS(=O)(=O)NC(=O)[C@H]1CCN(CCOc2cc(Br)ccc2-c2cc(=O)c3cccc(Cl)c3o2)C1. The highest BCUT2D eigenvalue weighted by Crippen LogP contribution is 2.34. The molecule has 3 aromatic rings. The number of rotatable bonds is 7. The van der Waals surface area contributed by atoms with Crippen molar-refractivity contribution in [2.75, 3.05) is 32.5 Å². The van der Waals surface area contributed by atoms with Crippen LogP contribution in [0.15, 0.2) is 56.1 Å². The Hall–Kier alpha value is -2.40. The minimum atomic E-state index is -3.57. The molecule has 0 unspecified atom stereocenters. The number of benzene rings is 2. The van der Waals surface area contributed by atoms with Gasteiger partial charge in [-0.1, -0.05) is 33.6 Å². The van der Waals surface area contributed by atoms with Crippen LogP contribution in [0.1, 0.15) is 6.42 Å². The van der Waals surface area contributed by atoms with Gasteiger partial charge in [0.1, 0.15) is 18.1 Å². The van der Waals surface area contributed by atoms with E-state index in [4.69, 9.17) is 20.8 Å². The summed E-state index contributed by atoms with van der Waals surface area (Å²) >= 11 is 9.68. The van der Waals surface area contributed by atoms with Crippen molar-refractivity contribution in [3.05, 3.63) is 62.2 Å². The summed E-state index contributed by atoms with van der Waals surface area (Å²) in [7, 11) is -3.57. The van der Waals surface area contributed by atoms with E-state index in [0.717, 1.165) is 10.7 Å². The zero-order chi connectivity index (χ0) is 24.5. The fourth-order valence-corrected chi connectivity index (χ4v) is 4.98. The first kappa shape index (κ1) is 24.7. The zero-order valence-electron chi connectivity index (χ0n) is 18.2. The number of ether oxygens (including phenoxy) is 1. The Kier molecular flexibility index (Phi) is 7.32. The Balaban J connectivity index is 1.47. The molecule has 1 saturated heterocycles. The van der Waals surface area contributed by atoms with E-state index in [1.807, 2.05) is 15.7 Å². The maximum Gasteiger partial charge on any atom is 0.237 e. The van der Waals surface area contributed by atoms with Crippen molar-refractivity contribution >= 4 is 54.4 Å². The number of hydrogen-bond donors (Lipinski definition) is 1. The lowest BCUT2D eigenvalue weighted by molar-refractivity contribution is -0.122. The van der Waals surface area contributed by atoms with E-state index >= 15 is 0 Å². The van der Waals surface area contributed by atoms with Gasteiger partial charge in [0.2, 0.25) is 15.9 Å². The average Bonchev–Trinajstić information content (AvgIpc) is 3.23. The van der Waals surface area contributed by atoms with Crippen LogP contribution in [-0.2, 0) is 14.8 Å². The Morgan fingerprint density at radius 2 is 2.09 bits per heavy atom. The second-order valence-electron chi connectivity index (χ2n) is 8.11. The molecule has 1 N–H and O–H groups in total. The molecule has 0 radical (unpaired) electrons. The molecular weight excluding hydrogens is 548 g/mol. The number of para-hydroxylation sites is 1. The Labute approximate surface area is 210 Å². The molecule has 2 heterocycles. The molecule has 0 bridgehead atoms. The summed E-state index contributed by atoms with van der Waals surface area (Å²) in [6.07, 6.45) is 1.54. The topological polar surface area (TPSA) is 106 Å². The molecule has 0 saturated carbocycles. The second-order valence-corrected chi connectivity index (χ2v) is 11.2. The summed E-state index contributed by atoms with van der Waals surface area (Å²) in [5.74, 6) is -0.000699. The van der Waals surface area contributed by atoms with E-state index in [0.29, 0.717) is 65.7 Å². The Morgan fingerprint density at radius 1 is 1.29 bits per heavy atom. The van der Waals surface area contributed by atoms with Crippen LogP contribution >= 0.6 is 27.5 Å². The van der Waals surface area contributed by atoms with Crippen molar-refractivity contribution in [3.8, 4) is 17.1 Å². The van der Waals surface area contributed by atoms with Crippen LogP contribution < -0.4 is 14.9 Å². The Bertz CT molecular complexity index is 1410. The largest absolute Gasteiger partial charge is 0.491 e. The summed E-state index contributed by atoms with van der Waals surface area (Å²) in [4.78, 5) is 26.7. The molecule has 1 atom stereocenters. The van der Waals surface area contributed by atoms with Gasteiger partial charge in [-0.05, 0) is 43.3 Å². The number of nitrogens with one attached hydrogen (secondary N) is 1. The van der Waals surface area contributed by atoms with Crippen molar-refractivity contribution < 1.29 is 22.4 Å². The van der Waals surface area contributed by atoms with Gasteiger partial charge >= 0.3 is 0 Å². The Morgan fingerprint density at radius 3 is 2.85 bits per heavy atom. The average molecular weight is 570 g/mol. The lowest BCUT2D eigenvalue weighted by Gasteiger charge is -2.17. The first-order valence-electron chi connectivity index (χ1n) is 10.5. The highest BCUT2D eigenvalue weighted by Gasteiger charge is 2.29. The second kappa shape index (κ2) is 10.1. The lowest BCUT2D eigenvalue weighted by atomic mass is 10.1. The highest BCUT2D eigenvalue weighted by molar-refractivity contribution is 9.10. The molecule has 1 aliphatic rings. The van der Waals surface area contributed by atoms with Crippen molar-refractivity contribution in [3.63, 3.8) is 0 Å². The van der Waals surface area contributed by atoms with Gasteiger partial charge < -0.3 is 9.15 Å². The monoisotopic (exact) mass is 568 g/mol. The molecule has 8 nitrogen and oxygen atoms in total. The fourth-order valence-electron chi connectivity index (χ4n) is 3.90. The number of fused-ring (bicyclic) bond motifs is 1. The number of carbonyl (C=O) groups is 1. The molecule has 34 heavy (non-hydrogen) atoms. The maximum absolute atomic E-state index is 12.6. The third kappa shape index (κ3) is 5.80. The van der Waals surface area contributed by atoms with E-state index in [2.05, 4.69) is 15.9 Å². The molecule has 1 aromatic heterocycles. The van der Waals surface area contributed by atoms with E-state index in [-0.39, 0.29) is 11.3 Å². The summed E-state index contributed by atoms with van der Waals surface area (Å²) in [5.41, 5.74) is 0.716. The molecule has 2 aromatic carbocycles. The number of hydrogen-bond acceptors (Lipinski definition) is 7. The number of amides is 1. The van der Waals surface area contributed by atoms with Gasteiger partial charge in [-0.3, -0.25) is 19.2 Å². The predicted octanol–water partition coefficient (Wildman–Crippen LogP) is 3.65. The van der Waals surface area contributed by atoms with E-state index in [1.54, 1.807) is 30.3 Å². The molecular formula is C23H22BrClN2O6S. The zero-order valence-corrected chi connectivity index (χ0v) is 21.4. The predicted molar refractivity (Wildman–Crippen MR) is 134 cm³/mol. The smallest absolute Gasteiger partial charge is 0.237 e. The van der Waals surface area contributed by atoms with Gasteiger partial charge in [-0.25, -0.2) is 8.42 Å². The summed E-state index contributed by atoms with van der Waals surface area (Å²) in [6.45, 7) is 1.98. The van der Waals surface area contributed by atoms with Gasteiger partial charge in [0, 0.05) is 23.6 Å². The van der Waals surface area contributed by atoms with Crippen molar-refractivity contribution in [2.24, 2.45) is 5.92 Å². The molecule has 0 spiro atoms. The van der Waals surface area contributed by atoms with Gasteiger partial charge in [-0.2, -0.15) is 0 Å². The number of halogens is 2. The molecule has 1 aliphatic heterocycles.